The third kappa shape index (κ3) is 5.70. The number of hydrogen-bond donors (Lipinski definition) is 1. The van der Waals surface area contributed by atoms with E-state index in [4.69, 9.17) is 26.3 Å². The van der Waals surface area contributed by atoms with E-state index in [0.29, 0.717) is 36.3 Å². The van der Waals surface area contributed by atoms with Crippen LogP contribution in [-0.2, 0) is 17.9 Å². The summed E-state index contributed by atoms with van der Waals surface area (Å²) < 4.78 is 11.5. The molecule has 130 valence electrons. The van der Waals surface area contributed by atoms with Gasteiger partial charge in [-0.3, -0.25) is 4.79 Å². The maximum Gasteiger partial charge on any atom is 0.234 e. The van der Waals surface area contributed by atoms with E-state index in [1.165, 1.54) is 0 Å². The Morgan fingerprint density at radius 1 is 1.20 bits per heavy atom. The number of ether oxygens (including phenoxy) is 2. The van der Waals surface area contributed by atoms with E-state index < -0.39 is 0 Å². The lowest BCUT2D eigenvalue weighted by atomic mass is 10.2. The predicted octanol–water partition coefficient (Wildman–Crippen LogP) is 3.85. The first-order valence-corrected chi connectivity index (χ1v) is 8.27. The highest BCUT2D eigenvalue weighted by atomic mass is 35.5. The molecule has 2 rings (SSSR count). The van der Waals surface area contributed by atoms with Crippen molar-refractivity contribution in [1.82, 2.24) is 5.32 Å². The molecule has 0 aliphatic rings. The molecule has 0 aliphatic carbocycles. The Morgan fingerprint density at radius 3 is 2.72 bits per heavy atom. The average molecular weight is 359 g/mol. The van der Waals surface area contributed by atoms with Gasteiger partial charge in [-0.15, -0.1) is 0 Å². The minimum absolute atomic E-state index is 0.155. The molecular weight excluding hydrogens is 340 g/mol. The first-order chi connectivity index (χ1) is 12.1. The summed E-state index contributed by atoms with van der Waals surface area (Å²) >= 11 is 6.14. The Bertz CT molecular complexity index is 772. The van der Waals surface area contributed by atoms with E-state index in [-0.39, 0.29) is 12.3 Å². The number of nitrogens with one attached hydrogen (secondary N) is 1. The normalized spacial score (nSPS) is 9.96. The van der Waals surface area contributed by atoms with E-state index >= 15 is 0 Å². The number of amides is 1. The molecular formula is C19H19ClN2O3. The van der Waals surface area contributed by atoms with E-state index in [2.05, 4.69) is 5.32 Å². The third-order valence-corrected chi connectivity index (χ3v) is 3.75. The maximum atomic E-state index is 11.4. The number of nitrogens with zero attached hydrogens (tertiary/aromatic N) is 1. The smallest absolute Gasteiger partial charge is 0.234 e. The number of carbonyl (C=O) groups excluding carboxylic acids is 1. The van der Waals surface area contributed by atoms with E-state index in [0.717, 1.165) is 11.1 Å². The summed E-state index contributed by atoms with van der Waals surface area (Å²) in [4.78, 5) is 11.4. The molecule has 0 bridgehead atoms. The SMILES string of the molecule is CCOc1cc(CNC(=O)CC#N)ccc1OCc1ccccc1Cl. The summed E-state index contributed by atoms with van der Waals surface area (Å²) in [6.45, 7) is 3.04. The van der Waals surface area contributed by atoms with Gasteiger partial charge in [0, 0.05) is 17.1 Å². The minimum Gasteiger partial charge on any atom is -0.490 e. The number of nitriles is 1. The van der Waals surface area contributed by atoms with Gasteiger partial charge in [0.15, 0.2) is 11.5 Å². The molecule has 25 heavy (non-hydrogen) atoms. The molecule has 0 saturated carbocycles. The Kier molecular flexibility index (Phi) is 7.12. The number of carbonyl (C=O) groups is 1. The summed E-state index contributed by atoms with van der Waals surface area (Å²) in [5, 5.41) is 11.8. The summed E-state index contributed by atoms with van der Waals surface area (Å²) in [5.41, 5.74) is 1.75. The maximum absolute atomic E-state index is 11.4. The predicted molar refractivity (Wildman–Crippen MR) is 95.5 cm³/mol. The molecule has 6 heteroatoms. The molecule has 0 aromatic heterocycles. The van der Waals surface area contributed by atoms with Crippen LogP contribution in [0.3, 0.4) is 0 Å². The molecule has 0 radical (unpaired) electrons. The number of halogens is 1. The Hall–Kier alpha value is -2.71. The monoisotopic (exact) mass is 358 g/mol. The zero-order valence-corrected chi connectivity index (χ0v) is 14.7. The van der Waals surface area contributed by atoms with Gasteiger partial charge >= 0.3 is 0 Å². The number of hydrogen-bond acceptors (Lipinski definition) is 4. The van der Waals surface area contributed by atoms with Gasteiger partial charge < -0.3 is 14.8 Å². The zero-order chi connectivity index (χ0) is 18.1. The first kappa shape index (κ1) is 18.6. The standard InChI is InChI=1S/C19H19ClN2O3/c1-2-24-18-11-14(12-22-19(23)9-10-21)7-8-17(18)25-13-15-5-3-4-6-16(15)20/h3-8,11H,2,9,12-13H2,1H3,(H,22,23). The summed E-state index contributed by atoms with van der Waals surface area (Å²) in [7, 11) is 0. The van der Waals surface area contributed by atoms with Gasteiger partial charge in [-0.2, -0.15) is 5.26 Å². The van der Waals surface area contributed by atoms with Crippen LogP contribution < -0.4 is 14.8 Å². The third-order valence-electron chi connectivity index (χ3n) is 3.38. The quantitative estimate of drug-likeness (QED) is 0.778. The van der Waals surface area contributed by atoms with Gasteiger partial charge in [0.1, 0.15) is 13.0 Å². The molecule has 0 atom stereocenters. The van der Waals surface area contributed by atoms with Crippen LogP contribution in [-0.4, -0.2) is 12.5 Å². The lowest BCUT2D eigenvalue weighted by molar-refractivity contribution is -0.120. The Balaban J connectivity index is 2.06. The molecule has 0 fully saturated rings. The van der Waals surface area contributed by atoms with Crippen LogP contribution in [0.5, 0.6) is 11.5 Å². The highest BCUT2D eigenvalue weighted by molar-refractivity contribution is 6.31. The van der Waals surface area contributed by atoms with Crippen LogP contribution in [0, 0.1) is 11.3 Å². The van der Waals surface area contributed by atoms with Crippen molar-refractivity contribution in [3.63, 3.8) is 0 Å². The lowest BCUT2D eigenvalue weighted by Gasteiger charge is -2.14. The topological polar surface area (TPSA) is 71.3 Å². The van der Waals surface area contributed by atoms with Gasteiger partial charge in [0.25, 0.3) is 0 Å². The fourth-order valence-corrected chi connectivity index (χ4v) is 2.35. The lowest BCUT2D eigenvalue weighted by Crippen LogP contribution is -2.21. The average Bonchev–Trinajstić information content (AvgIpc) is 2.61. The van der Waals surface area contributed by atoms with Crippen LogP contribution >= 0.6 is 11.6 Å². The zero-order valence-electron chi connectivity index (χ0n) is 13.9. The van der Waals surface area contributed by atoms with E-state index in [9.17, 15) is 4.79 Å². The summed E-state index contributed by atoms with van der Waals surface area (Å²) in [6.07, 6.45) is -0.155. The van der Waals surface area contributed by atoms with Crippen molar-refractivity contribution in [2.45, 2.75) is 26.5 Å². The van der Waals surface area contributed by atoms with Crippen molar-refractivity contribution in [3.8, 4) is 17.6 Å². The Morgan fingerprint density at radius 2 is 2.00 bits per heavy atom. The number of rotatable bonds is 8. The van der Waals surface area contributed by atoms with Crippen molar-refractivity contribution in [2.75, 3.05) is 6.61 Å². The van der Waals surface area contributed by atoms with Crippen LogP contribution in [0.25, 0.3) is 0 Å². The highest BCUT2D eigenvalue weighted by Crippen LogP contribution is 2.30. The molecule has 1 N–H and O–H groups in total. The highest BCUT2D eigenvalue weighted by Gasteiger charge is 2.09. The molecule has 0 saturated heterocycles. The van der Waals surface area contributed by atoms with Gasteiger partial charge in [-0.05, 0) is 30.7 Å². The molecule has 0 aliphatic heterocycles. The van der Waals surface area contributed by atoms with Crippen molar-refractivity contribution in [1.29, 1.82) is 5.26 Å². The fraction of sp³-hybridized carbons (Fsp3) is 0.263. The van der Waals surface area contributed by atoms with Gasteiger partial charge in [0.2, 0.25) is 5.91 Å². The molecule has 2 aromatic rings. The van der Waals surface area contributed by atoms with Gasteiger partial charge in [-0.25, -0.2) is 0 Å². The minimum atomic E-state index is -0.306. The summed E-state index contributed by atoms with van der Waals surface area (Å²) in [5.74, 6) is 0.898. The first-order valence-electron chi connectivity index (χ1n) is 7.89. The molecule has 5 nitrogen and oxygen atoms in total. The van der Waals surface area contributed by atoms with Crippen molar-refractivity contribution < 1.29 is 14.3 Å². The van der Waals surface area contributed by atoms with Crippen LogP contribution in [0.15, 0.2) is 42.5 Å². The van der Waals surface area contributed by atoms with Gasteiger partial charge in [0.05, 0.1) is 12.7 Å². The van der Waals surface area contributed by atoms with Crippen molar-refractivity contribution >= 4 is 17.5 Å². The number of benzene rings is 2. The second-order valence-electron chi connectivity index (χ2n) is 5.21. The van der Waals surface area contributed by atoms with Crippen LogP contribution in [0.2, 0.25) is 5.02 Å². The molecule has 0 unspecified atom stereocenters. The van der Waals surface area contributed by atoms with Crippen LogP contribution in [0.1, 0.15) is 24.5 Å². The summed E-state index contributed by atoms with van der Waals surface area (Å²) in [6, 6.07) is 14.8. The van der Waals surface area contributed by atoms with Crippen molar-refractivity contribution in [3.05, 3.63) is 58.6 Å². The molecule has 0 heterocycles. The van der Waals surface area contributed by atoms with Crippen molar-refractivity contribution in [2.24, 2.45) is 0 Å². The van der Waals surface area contributed by atoms with E-state index in [1.54, 1.807) is 6.07 Å². The second kappa shape index (κ2) is 9.55. The molecule has 2 aromatic carbocycles. The Labute approximate surface area is 152 Å². The molecule has 0 spiro atoms. The van der Waals surface area contributed by atoms with E-state index in [1.807, 2.05) is 49.4 Å². The van der Waals surface area contributed by atoms with Gasteiger partial charge in [-0.1, -0.05) is 35.9 Å². The fourth-order valence-electron chi connectivity index (χ4n) is 2.16. The van der Waals surface area contributed by atoms with Crippen LogP contribution in [0.4, 0.5) is 0 Å². The molecule has 1 amide bonds. The second-order valence-corrected chi connectivity index (χ2v) is 5.61. The largest absolute Gasteiger partial charge is 0.490 e.